The van der Waals surface area contributed by atoms with Crippen molar-refractivity contribution in [1.29, 1.82) is 0 Å². The van der Waals surface area contributed by atoms with Crippen LogP contribution in [0.4, 0.5) is 0 Å². The predicted octanol–water partition coefficient (Wildman–Crippen LogP) is 1.97. The van der Waals surface area contributed by atoms with Crippen molar-refractivity contribution in [3.63, 3.8) is 0 Å². The molecule has 0 aromatic carbocycles. The number of rotatable bonds is 5. The molecule has 0 bridgehead atoms. The van der Waals surface area contributed by atoms with Crippen molar-refractivity contribution >= 4 is 11.5 Å². The number of allylic oxidation sites excluding steroid dienone is 3. The summed E-state index contributed by atoms with van der Waals surface area (Å²) in [5.41, 5.74) is 7.23. The van der Waals surface area contributed by atoms with Crippen molar-refractivity contribution in [2.75, 3.05) is 0 Å². The molecular weight excluding hydrogens is 214 g/mol. The lowest BCUT2D eigenvalue weighted by atomic mass is 10.1. The zero-order valence-corrected chi connectivity index (χ0v) is 10.2. The highest BCUT2D eigenvalue weighted by Crippen LogP contribution is 2.14. The number of primary amides is 1. The number of carbonyl (C=O) groups excluding carboxylic acids is 1. The third kappa shape index (κ3) is 3.45. The third-order valence-electron chi connectivity index (χ3n) is 2.37. The van der Waals surface area contributed by atoms with Crippen molar-refractivity contribution in [2.24, 2.45) is 5.73 Å². The van der Waals surface area contributed by atoms with E-state index in [2.05, 4.69) is 16.5 Å². The normalized spacial score (nSPS) is 12.0. The minimum atomic E-state index is -0.518. The number of nitrogens with one attached hydrogen (secondary N) is 1. The molecule has 1 heterocycles. The lowest BCUT2D eigenvalue weighted by Gasteiger charge is -1.97. The quantitative estimate of drug-likeness (QED) is 0.600. The molecule has 4 nitrogen and oxygen atoms in total. The van der Waals surface area contributed by atoms with Gasteiger partial charge in [-0.2, -0.15) is 0 Å². The van der Waals surface area contributed by atoms with Gasteiger partial charge in [-0.25, -0.2) is 4.98 Å². The van der Waals surface area contributed by atoms with Gasteiger partial charge in [0.2, 0.25) is 5.91 Å². The van der Waals surface area contributed by atoms with E-state index in [4.69, 9.17) is 5.73 Å². The number of aryl methyl sites for hydroxylation is 1. The Labute approximate surface area is 101 Å². The maximum atomic E-state index is 10.8. The molecule has 0 saturated carbocycles. The monoisotopic (exact) mass is 231 g/mol. The summed E-state index contributed by atoms with van der Waals surface area (Å²) in [7, 11) is 0. The largest absolute Gasteiger partial charge is 0.366 e. The maximum absolute atomic E-state index is 10.8. The van der Waals surface area contributed by atoms with E-state index in [9.17, 15) is 4.79 Å². The highest BCUT2D eigenvalue weighted by atomic mass is 16.1. The predicted molar refractivity (Wildman–Crippen MR) is 69.1 cm³/mol. The topological polar surface area (TPSA) is 71.8 Å². The van der Waals surface area contributed by atoms with Gasteiger partial charge >= 0.3 is 0 Å². The van der Waals surface area contributed by atoms with Crippen molar-refractivity contribution in [3.05, 3.63) is 48.1 Å². The molecule has 1 aromatic heterocycles. The van der Waals surface area contributed by atoms with Crippen LogP contribution in [-0.2, 0) is 11.2 Å². The number of nitrogens with two attached hydrogens (primary N) is 1. The summed E-state index contributed by atoms with van der Waals surface area (Å²) < 4.78 is 0. The first-order valence-electron chi connectivity index (χ1n) is 5.45. The number of hydrogen-bond donors (Lipinski definition) is 2. The number of hydrogen-bond acceptors (Lipinski definition) is 2. The van der Waals surface area contributed by atoms with Gasteiger partial charge in [-0.3, -0.25) is 4.79 Å². The average molecular weight is 231 g/mol. The lowest BCUT2D eigenvalue weighted by molar-refractivity contribution is -0.114. The van der Waals surface area contributed by atoms with E-state index < -0.39 is 5.91 Å². The minimum Gasteiger partial charge on any atom is -0.366 e. The van der Waals surface area contributed by atoms with Crippen LogP contribution < -0.4 is 5.73 Å². The van der Waals surface area contributed by atoms with Crippen molar-refractivity contribution in [2.45, 2.75) is 20.3 Å². The lowest BCUT2D eigenvalue weighted by Crippen LogP contribution is -2.11. The Morgan fingerprint density at radius 2 is 2.29 bits per heavy atom. The van der Waals surface area contributed by atoms with Crippen LogP contribution in [0.15, 0.2) is 36.6 Å². The molecule has 0 spiro atoms. The van der Waals surface area contributed by atoms with Crippen LogP contribution in [0.2, 0.25) is 0 Å². The summed E-state index contributed by atoms with van der Waals surface area (Å²) in [5, 5.41) is 0. The maximum Gasteiger partial charge on any atom is 0.248 e. The third-order valence-corrected chi connectivity index (χ3v) is 2.37. The van der Waals surface area contributed by atoms with Crippen LogP contribution in [0.1, 0.15) is 25.4 Å². The molecule has 1 aromatic rings. The molecule has 0 radical (unpaired) electrons. The molecule has 0 fully saturated rings. The Morgan fingerprint density at radius 1 is 1.59 bits per heavy atom. The average Bonchev–Trinajstić information content (AvgIpc) is 2.78. The molecule has 0 saturated heterocycles. The van der Waals surface area contributed by atoms with Gasteiger partial charge in [-0.1, -0.05) is 25.7 Å². The Morgan fingerprint density at radius 3 is 2.76 bits per heavy atom. The second-order valence-corrected chi connectivity index (χ2v) is 3.56. The summed E-state index contributed by atoms with van der Waals surface area (Å²) in [6.45, 7) is 7.51. The molecule has 1 amide bonds. The molecule has 17 heavy (non-hydrogen) atoms. The number of aromatic nitrogens is 2. The molecular formula is C13H17N3O. The van der Waals surface area contributed by atoms with Gasteiger partial charge in [0.05, 0.1) is 11.9 Å². The van der Waals surface area contributed by atoms with Gasteiger partial charge in [-0.15, -0.1) is 0 Å². The van der Waals surface area contributed by atoms with Gasteiger partial charge < -0.3 is 10.7 Å². The fraction of sp³-hybridized carbons (Fsp3) is 0.231. The zero-order chi connectivity index (χ0) is 12.8. The van der Waals surface area contributed by atoms with Crippen molar-refractivity contribution in [1.82, 2.24) is 9.97 Å². The van der Waals surface area contributed by atoms with Gasteiger partial charge in [0.15, 0.2) is 0 Å². The highest BCUT2D eigenvalue weighted by molar-refractivity contribution is 5.94. The van der Waals surface area contributed by atoms with Gasteiger partial charge in [-0.05, 0) is 18.6 Å². The SMILES string of the molecule is C=C(/C=C\C(=C/C)c1cnc(CC)[nH]1)C(N)=O. The smallest absolute Gasteiger partial charge is 0.248 e. The first-order chi connectivity index (χ1) is 8.08. The molecule has 1 rings (SSSR count). The van der Waals surface area contributed by atoms with Gasteiger partial charge in [0.1, 0.15) is 5.82 Å². The van der Waals surface area contributed by atoms with E-state index in [0.717, 1.165) is 23.5 Å². The van der Waals surface area contributed by atoms with Gasteiger partial charge in [0.25, 0.3) is 0 Å². The first-order valence-corrected chi connectivity index (χ1v) is 5.45. The summed E-state index contributed by atoms with van der Waals surface area (Å²) in [6.07, 6.45) is 7.95. The summed E-state index contributed by atoms with van der Waals surface area (Å²) in [6, 6.07) is 0. The van der Waals surface area contributed by atoms with Crippen LogP contribution >= 0.6 is 0 Å². The van der Waals surface area contributed by atoms with Crippen molar-refractivity contribution in [3.8, 4) is 0 Å². The highest BCUT2D eigenvalue weighted by Gasteiger charge is 2.02. The van der Waals surface area contributed by atoms with E-state index in [1.165, 1.54) is 0 Å². The minimum absolute atomic E-state index is 0.277. The van der Waals surface area contributed by atoms with Crippen LogP contribution in [0.3, 0.4) is 0 Å². The fourth-order valence-corrected chi connectivity index (χ4v) is 1.30. The Hall–Kier alpha value is -2.10. The number of aromatic amines is 1. The first kappa shape index (κ1) is 13.0. The van der Waals surface area contributed by atoms with Crippen molar-refractivity contribution < 1.29 is 4.79 Å². The van der Waals surface area contributed by atoms with Crippen LogP contribution in [0.25, 0.3) is 5.57 Å². The fourth-order valence-electron chi connectivity index (χ4n) is 1.30. The molecule has 4 heteroatoms. The number of imidazole rings is 1. The standard InChI is InChI=1S/C13H17N3O/c1-4-10(7-6-9(3)13(14)17)11-8-15-12(5-2)16-11/h4,6-8H,3,5H2,1-2H3,(H2,14,17)(H,15,16)/b7-6-,10-4+. The summed E-state index contributed by atoms with van der Waals surface area (Å²) >= 11 is 0. The second kappa shape index (κ2) is 5.84. The molecule has 0 unspecified atom stereocenters. The van der Waals surface area contributed by atoms with E-state index in [-0.39, 0.29) is 5.57 Å². The molecule has 90 valence electrons. The van der Waals surface area contributed by atoms with E-state index in [0.29, 0.717) is 0 Å². The molecule has 3 N–H and O–H groups in total. The number of nitrogens with zero attached hydrogens (tertiary/aromatic N) is 1. The van der Waals surface area contributed by atoms with E-state index in [1.54, 1.807) is 18.3 Å². The van der Waals surface area contributed by atoms with Gasteiger partial charge in [0, 0.05) is 12.0 Å². The molecule has 0 aliphatic carbocycles. The van der Waals surface area contributed by atoms with Crippen LogP contribution in [-0.4, -0.2) is 15.9 Å². The van der Waals surface area contributed by atoms with Crippen LogP contribution in [0, 0.1) is 0 Å². The van der Waals surface area contributed by atoms with Crippen LogP contribution in [0.5, 0.6) is 0 Å². The Kier molecular flexibility index (Phi) is 4.46. The molecule has 0 atom stereocenters. The Balaban J connectivity index is 2.87. The number of amides is 1. The number of carbonyl (C=O) groups is 1. The summed E-state index contributed by atoms with van der Waals surface area (Å²) in [5.74, 6) is 0.414. The number of H-pyrrole nitrogens is 1. The van der Waals surface area contributed by atoms with E-state index in [1.807, 2.05) is 19.9 Å². The molecule has 0 aliphatic rings. The van der Waals surface area contributed by atoms with E-state index >= 15 is 0 Å². The summed E-state index contributed by atoms with van der Waals surface area (Å²) in [4.78, 5) is 18.2. The Bertz CT molecular complexity index is 481. The second-order valence-electron chi connectivity index (χ2n) is 3.56. The molecule has 0 aliphatic heterocycles. The zero-order valence-electron chi connectivity index (χ0n) is 10.2.